The van der Waals surface area contributed by atoms with Gasteiger partial charge in [-0.05, 0) is 38.3 Å². The summed E-state index contributed by atoms with van der Waals surface area (Å²) in [6, 6.07) is 2.19. The van der Waals surface area contributed by atoms with Gasteiger partial charge in [-0.3, -0.25) is 0 Å². The summed E-state index contributed by atoms with van der Waals surface area (Å²) >= 11 is 0. The van der Waals surface area contributed by atoms with E-state index in [2.05, 4.69) is 11.4 Å². The SMILES string of the molecule is N#CCCC1CCCNC1. The number of nitrogens with zero attached hydrogens (tertiary/aromatic N) is 1. The fraction of sp³-hybridized carbons (Fsp3) is 0.875. The van der Waals surface area contributed by atoms with Gasteiger partial charge < -0.3 is 5.32 Å². The number of hydrogen-bond acceptors (Lipinski definition) is 2. The van der Waals surface area contributed by atoms with E-state index in [1.807, 2.05) is 0 Å². The van der Waals surface area contributed by atoms with Gasteiger partial charge >= 0.3 is 0 Å². The molecule has 1 heterocycles. The molecule has 1 N–H and O–H groups in total. The highest BCUT2D eigenvalue weighted by atomic mass is 14.9. The largest absolute Gasteiger partial charge is 0.316 e. The second-order valence-electron chi connectivity index (χ2n) is 2.91. The Morgan fingerprint density at radius 1 is 1.60 bits per heavy atom. The molecule has 1 saturated heterocycles. The van der Waals surface area contributed by atoms with Gasteiger partial charge in [0.05, 0.1) is 6.07 Å². The molecule has 2 heteroatoms. The molecule has 0 radical (unpaired) electrons. The van der Waals surface area contributed by atoms with Gasteiger partial charge in [0.2, 0.25) is 0 Å². The Kier molecular flexibility index (Phi) is 3.25. The average Bonchev–Trinajstić information content (AvgIpc) is 2.03. The van der Waals surface area contributed by atoms with Crippen LogP contribution < -0.4 is 5.32 Å². The minimum atomic E-state index is 0.729. The fourth-order valence-electron chi connectivity index (χ4n) is 1.44. The molecule has 56 valence electrons. The first-order valence-electron chi connectivity index (χ1n) is 4.01. The molecule has 0 aliphatic carbocycles. The average molecular weight is 138 g/mol. The summed E-state index contributed by atoms with van der Waals surface area (Å²) in [5.41, 5.74) is 0. The maximum absolute atomic E-state index is 8.33. The van der Waals surface area contributed by atoms with Crippen LogP contribution in [0.1, 0.15) is 25.7 Å². The van der Waals surface area contributed by atoms with Gasteiger partial charge in [-0.1, -0.05) is 0 Å². The zero-order valence-corrected chi connectivity index (χ0v) is 6.27. The molecule has 0 amide bonds. The van der Waals surface area contributed by atoms with Crippen molar-refractivity contribution in [3.63, 3.8) is 0 Å². The lowest BCUT2D eigenvalue weighted by Gasteiger charge is -2.21. The molecule has 0 bridgehead atoms. The summed E-state index contributed by atoms with van der Waals surface area (Å²) in [5, 5.41) is 11.7. The molecule has 0 saturated carbocycles. The van der Waals surface area contributed by atoms with Crippen LogP contribution >= 0.6 is 0 Å². The van der Waals surface area contributed by atoms with Crippen LogP contribution in [0.25, 0.3) is 0 Å². The first-order chi connectivity index (χ1) is 4.93. The predicted molar refractivity (Wildman–Crippen MR) is 40.4 cm³/mol. The van der Waals surface area contributed by atoms with Crippen molar-refractivity contribution in [2.75, 3.05) is 13.1 Å². The normalized spacial score (nSPS) is 25.7. The molecule has 2 nitrogen and oxygen atoms in total. The molecular weight excluding hydrogens is 124 g/mol. The zero-order valence-electron chi connectivity index (χ0n) is 6.27. The van der Waals surface area contributed by atoms with E-state index in [0.29, 0.717) is 0 Å². The van der Waals surface area contributed by atoms with Crippen molar-refractivity contribution in [1.29, 1.82) is 5.26 Å². The van der Waals surface area contributed by atoms with Crippen molar-refractivity contribution in [3.8, 4) is 6.07 Å². The van der Waals surface area contributed by atoms with Crippen LogP contribution in [0.5, 0.6) is 0 Å². The van der Waals surface area contributed by atoms with E-state index >= 15 is 0 Å². The molecular formula is C8H14N2. The summed E-state index contributed by atoms with van der Waals surface area (Å²) in [6.45, 7) is 2.30. The van der Waals surface area contributed by atoms with Crippen molar-refractivity contribution < 1.29 is 0 Å². The van der Waals surface area contributed by atoms with Crippen LogP contribution in [0.15, 0.2) is 0 Å². The Labute approximate surface area is 62.2 Å². The smallest absolute Gasteiger partial charge is 0.0621 e. The van der Waals surface area contributed by atoms with Gasteiger partial charge in [-0.2, -0.15) is 5.26 Å². The van der Waals surface area contributed by atoms with Crippen molar-refractivity contribution in [2.45, 2.75) is 25.7 Å². The Bertz CT molecular complexity index is 120. The number of nitriles is 1. The molecule has 1 fully saturated rings. The van der Waals surface area contributed by atoms with Crippen LogP contribution in [0.2, 0.25) is 0 Å². The molecule has 1 unspecified atom stereocenters. The number of nitrogens with one attached hydrogen (secondary N) is 1. The standard InChI is InChI=1S/C8H14N2/c9-5-1-3-8-4-2-6-10-7-8/h8,10H,1-4,6-7H2. The molecule has 1 aliphatic heterocycles. The lowest BCUT2D eigenvalue weighted by molar-refractivity contribution is 0.361. The highest BCUT2D eigenvalue weighted by Crippen LogP contribution is 2.14. The third kappa shape index (κ3) is 2.36. The molecule has 0 spiro atoms. The van der Waals surface area contributed by atoms with Crippen LogP contribution in [-0.4, -0.2) is 13.1 Å². The van der Waals surface area contributed by atoms with E-state index in [1.165, 1.54) is 19.4 Å². The Balaban J connectivity index is 2.09. The van der Waals surface area contributed by atoms with Crippen LogP contribution in [0.3, 0.4) is 0 Å². The summed E-state index contributed by atoms with van der Waals surface area (Å²) < 4.78 is 0. The first kappa shape index (κ1) is 7.56. The highest BCUT2D eigenvalue weighted by Gasteiger charge is 2.11. The van der Waals surface area contributed by atoms with Gasteiger partial charge in [0.25, 0.3) is 0 Å². The topological polar surface area (TPSA) is 35.8 Å². The number of rotatable bonds is 2. The van der Waals surface area contributed by atoms with Crippen LogP contribution in [-0.2, 0) is 0 Å². The molecule has 1 rings (SSSR count). The minimum Gasteiger partial charge on any atom is -0.316 e. The molecule has 1 aliphatic rings. The Morgan fingerprint density at radius 2 is 2.50 bits per heavy atom. The molecule has 0 aromatic rings. The van der Waals surface area contributed by atoms with Crippen LogP contribution in [0.4, 0.5) is 0 Å². The molecule has 0 aromatic carbocycles. The maximum Gasteiger partial charge on any atom is 0.0621 e. The maximum atomic E-state index is 8.33. The van der Waals surface area contributed by atoms with Crippen molar-refractivity contribution in [2.24, 2.45) is 5.92 Å². The van der Waals surface area contributed by atoms with Crippen molar-refractivity contribution in [3.05, 3.63) is 0 Å². The van der Waals surface area contributed by atoms with Crippen molar-refractivity contribution >= 4 is 0 Å². The summed E-state index contributed by atoms with van der Waals surface area (Å²) in [6.07, 6.45) is 4.42. The Morgan fingerprint density at radius 3 is 3.10 bits per heavy atom. The van der Waals surface area contributed by atoms with Gasteiger partial charge in [0, 0.05) is 6.42 Å². The fourth-order valence-corrected chi connectivity index (χ4v) is 1.44. The predicted octanol–water partition coefficient (Wildman–Crippen LogP) is 1.29. The van der Waals surface area contributed by atoms with E-state index in [4.69, 9.17) is 5.26 Å². The zero-order chi connectivity index (χ0) is 7.23. The van der Waals surface area contributed by atoms with E-state index in [1.54, 1.807) is 0 Å². The third-order valence-electron chi connectivity index (χ3n) is 2.06. The van der Waals surface area contributed by atoms with Crippen LogP contribution in [0, 0.1) is 17.2 Å². The van der Waals surface area contributed by atoms with E-state index in [9.17, 15) is 0 Å². The Hall–Kier alpha value is -0.550. The lowest BCUT2D eigenvalue weighted by Crippen LogP contribution is -2.29. The molecule has 10 heavy (non-hydrogen) atoms. The summed E-state index contributed by atoms with van der Waals surface area (Å²) in [7, 11) is 0. The van der Waals surface area contributed by atoms with E-state index < -0.39 is 0 Å². The lowest BCUT2D eigenvalue weighted by atomic mass is 9.95. The van der Waals surface area contributed by atoms with E-state index in [0.717, 1.165) is 25.3 Å². The van der Waals surface area contributed by atoms with Gasteiger partial charge in [-0.15, -0.1) is 0 Å². The van der Waals surface area contributed by atoms with Gasteiger partial charge in [0.1, 0.15) is 0 Å². The van der Waals surface area contributed by atoms with Gasteiger partial charge in [0.15, 0.2) is 0 Å². The summed E-state index contributed by atoms with van der Waals surface area (Å²) in [5.74, 6) is 0.772. The monoisotopic (exact) mass is 138 g/mol. The van der Waals surface area contributed by atoms with E-state index in [-0.39, 0.29) is 0 Å². The number of piperidine rings is 1. The highest BCUT2D eigenvalue weighted by molar-refractivity contribution is 4.75. The first-order valence-corrected chi connectivity index (χ1v) is 4.01. The molecule has 1 atom stereocenters. The number of hydrogen-bond donors (Lipinski definition) is 1. The quantitative estimate of drug-likeness (QED) is 0.624. The van der Waals surface area contributed by atoms with Crippen molar-refractivity contribution in [1.82, 2.24) is 5.32 Å². The minimum absolute atomic E-state index is 0.729. The second-order valence-corrected chi connectivity index (χ2v) is 2.91. The third-order valence-corrected chi connectivity index (χ3v) is 2.06. The molecule has 0 aromatic heterocycles. The summed E-state index contributed by atoms with van der Waals surface area (Å²) in [4.78, 5) is 0. The second kappa shape index (κ2) is 4.29. The van der Waals surface area contributed by atoms with Gasteiger partial charge in [-0.25, -0.2) is 0 Å².